The molecule has 0 fully saturated rings. The van der Waals surface area contributed by atoms with Crippen LogP contribution in [-0.4, -0.2) is 30.8 Å². The van der Waals surface area contributed by atoms with E-state index in [0.29, 0.717) is 17.1 Å². The zero-order valence-electron chi connectivity index (χ0n) is 15.9. The number of aromatic nitrogens is 4. The molecule has 4 rings (SSSR count). The van der Waals surface area contributed by atoms with E-state index in [9.17, 15) is 4.79 Å². The Morgan fingerprint density at radius 3 is 2.67 bits per heavy atom. The summed E-state index contributed by atoms with van der Waals surface area (Å²) in [5.41, 5.74) is 2.40. The molecule has 0 spiro atoms. The Labute approximate surface area is 187 Å². The number of amides is 1. The first kappa shape index (κ1) is 20.4. The molecule has 0 aliphatic heterocycles. The van der Waals surface area contributed by atoms with Gasteiger partial charge in [-0.2, -0.15) is 9.61 Å². The highest BCUT2D eigenvalue weighted by molar-refractivity contribution is 7.80. The Balaban J connectivity index is 1.36. The average Bonchev–Trinajstić information content (AvgIpc) is 3.33. The van der Waals surface area contributed by atoms with Crippen LogP contribution < -0.4 is 10.6 Å². The summed E-state index contributed by atoms with van der Waals surface area (Å²) >= 11 is 12.8. The molecule has 0 aliphatic rings. The molecule has 0 unspecified atom stereocenters. The smallest absolute Gasteiger partial charge is 0.258 e. The van der Waals surface area contributed by atoms with Crippen molar-refractivity contribution < 1.29 is 4.79 Å². The molecular weight excluding hydrogens is 440 g/mol. The number of nitrogens with one attached hydrogen (secondary N) is 2. The molecule has 0 aliphatic carbocycles. The summed E-state index contributed by atoms with van der Waals surface area (Å²) in [5, 5.41) is 20.0. The van der Waals surface area contributed by atoms with Gasteiger partial charge in [-0.3, -0.25) is 10.1 Å². The van der Waals surface area contributed by atoms with Crippen LogP contribution in [-0.2, 0) is 13.0 Å². The van der Waals surface area contributed by atoms with Crippen LogP contribution in [0.15, 0.2) is 48.5 Å². The van der Waals surface area contributed by atoms with Gasteiger partial charge in [0.15, 0.2) is 10.9 Å². The van der Waals surface area contributed by atoms with E-state index in [2.05, 4.69) is 25.9 Å². The van der Waals surface area contributed by atoms with Gasteiger partial charge in [-0.1, -0.05) is 66.3 Å². The number of halogens is 1. The van der Waals surface area contributed by atoms with Crippen LogP contribution in [0.4, 0.5) is 0 Å². The first-order valence-electron chi connectivity index (χ1n) is 9.19. The predicted octanol–water partition coefficient (Wildman–Crippen LogP) is 3.87. The first-order valence-corrected chi connectivity index (χ1v) is 10.8. The van der Waals surface area contributed by atoms with Gasteiger partial charge in [0, 0.05) is 18.5 Å². The van der Waals surface area contributed by atoms with Gasteiger partial charge >= 0.3 is 0 Å². The topological polar surface area (TPSA) is 84.2 Å². The molecule has 4 aromatic rings. The summed E-state index contributed by atoms with van der Waals surface area (Å²) in [7, 11) is 0. The molecule has 0 radical (unpaired) electrons. The van der Waals surface area contributed by atoms with Gasteiger partial charge in [-0.25, -0.2) is 0 Å². The Bertz CT molecular complexity index is 1220. The van der Waals surface area contributed by atoms with Crippen molar-refractivity contribution in [3.05, 3.63) is 70.5 Å². The highest BCUT2D eigenvalue weighted by atomic mass is 35.5. The van der Waals surface area contributed by atoms with Crippen LogP contribution in [0, 0.1) is 0 Å². The number of aryl methyl sites for hydroxylation is 1. The van der Waals surface area contributed by atoms with E-state index in [-0.39, 0.29) is 11.0 Å². The van der Waals surface area contributed by atoms with Gasteiger partial charge in [0.1, 0.15) is 5.01 Å². The minimum absolute atomic E-state index is 0.240. The van der Waals surface area contributed by atoms with Crippen LogP contribution >= 0.6 is 35.2 Å². The standard InChI is InChI=1S/C20H17ClN6OS2/c1-2-16-24-25-20-27(16)26-18(30-20)13-9-7-12(8-10-13)11-22-19(29)23-17(28)14-5-3-4-6-15(14)21/h3-10H,2,11H2,1H3,(H2,22,23,28,29). The lowest BCUT2D eigenvalue weighted by molar-refractivity contribution is 0.0977. The van der Waals surface area contributed by atoms with Gasteiger partial charge in [0.2, 0.25) is 4.96 Å². The molecule has 7 nitrogen and oxygen atoms in total. The van der Waals surface area contributed by atoms with Crippen molar-refractivity contribution >= 4 is 51.1 Å². The zero-order valence-corrected chi connectivity index (χ0v) is 18.3. The lowest BCUT2D eigenvalue weighted by Gasteiger charge is -2.10. The van der Waals surface area contributed by atoms with E-state index < -0.39 is 0 Å². The Morgan fingerprint density at radius 1 is 1.17 bits per heavy atom. The minimum atomic E-state index is -0.344. The fourth-order valence-electron chi connectivity index (χ4n) is 2.80. The third kappa shape index (κ3) is 4.33. The molecular formula is C20H17ClN6OS2. The average molecular weight is 457 g/mol. The van der Waals surface area contributed by atoms with Crippen molar-refractivity contribution in [3.8, 4) is 10.6 Å². The monoisotopic (exact) mass is 456 g/mol. The van der Waals surface area contributed by atoms with E-state index >= 15 is 0 Å². The van der Waals surface area contributed by atoms with Crippen molar-refractivity contribution in [3.63, 3.8) is 0 Å². The summed E-state index contributed by atoms with van der Waals surface area (Å²) in [6.07, 6.45) is 0.780. The number of benzene rings is 2. The molecule has 0 atom stereocenters. The molecule has 0 saturated heterocycles. The van der Waals surface area contributed by atoms with Crippen molar-refractivity contribution in [2.45, 2.75) is 19.9 Å². The van der Waals surface area contributed by atoms with E-state index in [4.69, 9.17) is 23.8 Å². The molecule has 2 N–H and O–H groups in total. The quantitative estimate of drug-likeness (QED) is 0.443. The minimum Gasteiger partial charge on any atom is -0.358 e. The number of hydrogen-bond donors (Lipinski definition) is 2. The number of fused-ring (bicyclic) bond motifs is 1. The van der Waals surface area contributed by atoms with Crippen LogP contribution in [0.5, 0.6) is 0 Å². The van der Waals surface area contributed by atoms with Crippen molar-refractivity contribution in [1.29, 1.82) is 0 Å². The fraction of sp³-hybridized carbons (Fsp3) is 0.150. The lowest BCUT2D eigenvalue weighted by atomic mass is 10.1. The summed E-state index contributed by atoms with van der Waals surface area (Å²) in [5.74, 6) is 0.504. The van der Waals surface area contributed by atoms with Crippen molar-refractivity contribution in [1.82, 2.24) is 30.4 Å². The molecule has 30 heavy (non-hydrogen) atoms. The number of nitrogens with zero attached hydrogens (tertiary/aromatic N) is 4. The number of carbonyl (C=O) groups is 1. The second-order valence-corrected chi connectivity index (χ2v) is 8.16. The molecule has 2 aromatic carbocycles. The SMILES string of the molecule is CCc1nnc2sc(-c3ccc(CNC(=S)NC(=O)c4ccccc4Cl)cc3)nn12. The molecule has 0 bridgehead atoms. The molecule has 2 aromatic heterocycles. The third-order valence-corrected chi connectivity index (χ3v) is 5.90. The number of rotatable bonds is 5. The second-order valence-electron chi connectivity index (χ2n) is 6.38. The van der Waals surface area contributed by atoms with E-state index in [1.165, 1.54) is 11.3 Å². The van der Waals surface area contributed by atoms with Gasteiger partial charge in [-0.15, -0.1) is 10.2 Å². The van der Waals surface area contributed by atoms with E-state index in [0.717, 1.165) is 33.3 Å². The van der Waals surface area contributed by atoms with Crippen molar-refractivity contribution in [2.75, 3.05) is 0 Å². The predicted molar refractivity (Wildman–Crippen MR) is 122 cm³/mol. The highest BCUT2D eigenvalue weighted by Gasteiger charge is 2.13. The fourth-order valence-corrected chi connectivity index (χ4v) is 4.05. The maximum atomic E-state index is 12.2. The van der Waals surface area contributed by atoms with Crippen LogP contribution in [0.3, 0.4) is 0 Å². The number of carbonyl (C=O) groups excluding carboxylic acids is 1. The first-order chi connectivity index (χ1) is 14.5. The molecule has 2 heterocycles. The Kier molecular flexibility index (Phi) is 6.03. The Morgan fingerprint density at radius 2 is 1.93 bits per heavy atom. The van der Waals surface area contributed by atoms with E-state index in [1.54, 1.807) is 28.8 Å². The van der Waals surface area contributed by atoms with Crippen molar-refractivity contribution in [2.24, 2.45) is 0 Å². The van der Waals surface area contributed by atoms with Crippen LogP contribution in [0.1, 0.15) is 28.7 Å². The third-order valence-electron chi connectivity index (χ3n) is 4.37. The van der Waals surface area contributed by atoms with Gasteiger partial charge < -0.3 is 5.32 Å². The van der Waals surface area contributed by atoms with Crippen LogP contribution in [0.25, 0.3) is 15.5 Å². The number of thiocarbonyl (C=S) groups is 1. The largest absolute Gasteiger partial charge is 0.358 e. The summed E-state index contributed by atoms with van der Waals surface area (Å²) in [6.45, 7) is 2.51. The normalized spacial score (nSPS) is 10.9. The second kappa shape index (κ2) is 8.86. The van der Waals surface area contributed by atoms with Gasteiger partial charge in [0.25, 0.3) is 5.91 Å². The summed E-state index contributed by atoms with van der Waals surface area (Å²) in [6, 6.07) is 14.8. The van der Waals surface area contributed by atoms with Gasteiger partial charge in [0.05, 0.1) is 10.6 Å². The lowest BCUT2D eigenvalue weighted by Crippen LogP contribution is -2.38. The molecule has 0 saturated carbocycles. The maximum absolute atomic E-state index is 12.2. The number of hydrogen-bond acceptors (Lipinski definition) is 6. The summed E-state index contributed by atoms with van der Waals surface area (Å²) < 4.78 is 1.79. The van der Waals surface area contributed by atoms with Gasteiger partial charge in [-0.05, 0) is 29.9 Å². The Hall–Kier alpha value is -2.88. The maximum Gasteiger partial charge on any atom is 0.258 e. The molecule has 1 amide bonds. The van der Waals surface area contributed by atoms with E-state index in [1.807, 2.05) is 31.2 Å². The molecule has 152 valence electrons. The highest BCUT2D eigenvalue weighted by Crippen LogP contribution is 2.25. The summed E-state index contributed by atoms with van der Waals surface area (Å²) in [4.78, 5) is 13.0. The zero-order chi connectivity index (χ0) is 21.1. The van der Waals surface area contributed by atoms with Crippen LogP contribution in [0.2, 0.25) is 5.02 Å². The molecule has 10 heteroatoms.